The average Bonchev–Trinajstić information content (AvgIpc) is 2.46. The lowest BCUT2D eigenvalue weighted by Gasteiger charge is -2.35. The summed E-state index contributed by atoms with van der Waals surface area (Å²) >= 11 is 0. The second-order valence-electron chi connectivity index (χ2n) is 5.83. The van der Waals surface area contributed by atoms with Crippen molar-refractivity contribution in [3.8, 4) is 5.75 Å². The summed E-state index contributed by atoms with van der Waals surface area (Å²) in [7, 11) is 1.85. The molecule has 2 rings (SSSR count). The molecular weight excluding hydrogens is 252 g/mol. The first-order valence-electron chi connectivity index (χ1n) is 7.29. The molecule has 0 saturated carbocycles. The summed E-state index contributed by atoms with van der Waals surface area (Å²) < 4.78 is 0. The lowest BCUT2D eigenvalue weighted by molar-refractivity contribution is 0.132. The fraction of sp³-hybridized carbons (Fsp3) is 0.562. The SMILES string of the molecule is CC1CCN(C(=O)N(C)C(C)c2ccc(O)cc2)CC1. The third-order valence-corrected chi connectivity index (χ3v) is 4.31. The van der Waals surface area contributed by atoms with E-state index in [9.17, 15) is 9.90 Å². The Morgan fingerprint density at radius 3 is 2.40 bits per heavy atom. The second-order valence-corrected chi connectivity index (χ2v) is 5.83. The standard InChI is InChI=1S/C16H24N2O2/c1-12-8-10-18(11-9-12)16(20)17(3)13(2)14-4-6-15(19)7-5-14/h4-7,12-13,19H,8-11H2,1-3H3. The molecule has 0 spiro atoms. The Labute approximate surface area is 121 Å². The number of piperidine rings is 1. The van der Waals surface area contributed by atoms with E-state index in [2.05, 4.69) is 6.92 Å². The molecule has 0 aromatic heterocycles. The number of carbonyl (C=O) groups excluding carboxylic acids is 1. The molecule has 1 unspecified atom stereocenters. The normalized spacial score (nSPS) is 17.9. The molecule has 1 fully saturated rings. The fourth-order valence-electron chi connectivity index (χ4n) is 2.57. The van der Waals surface area contributed by atoms with Crippen LogP contribution in [0.4, 0.5) is 4.79 Å². The third-order valence-electron chi connectivity index (χ3n) is 4.31. The molecule has 4 nitrogen and oxygen atoms in total. The second kappa shape index (κ2) is 6.16. The number of carbonyl (C=O) groups is 1. The predicted molar refractivity (Wildman–Crippen MR) is 79.7 cm³/mol. The molecule has 1 N–H and O–H groups in total. The Bertz CT molecular complexity index is 450. The first-order chi connectivity index (χ1) is 9.49. The maximum Gasteiger partial charge on any atom is 0.320 e. The Balaban J connectivity index is 2.00. The highest BCUT2D eigenvalue weighted by atomic mass is 16.3. The number of urea groups is 1. The van der Waals surface area contributed by atoms with Gasteiger partial charge in [-0.3, -0.25) is 0 Å². The van der Waals surface area contributed by atoms with Crippen LogP contribution in [0.5, 0.6) is 5.75 Å². The molecule has 1 heterocycles. The minimum absolute atomic E-state index is 0.00227. The molecule has 110 valence electrons. The van der Waals surface area contributed by atoms with Crippen molar-refractivity contribution in [1.82, 2.24) is 9.80 Å². The van der Waals surface area contributed by atoms with Crippen molar-refractivity contribution in [2.45, 2.75) is 32.7 Å². The van der Waals surface area contributed by atoms with Crippen molar-refractivity contribution < 1.29 is 9.90 Å². The molecule has 0 bridgehead atoms. The van der Waals surface area contributed by atoms with Gasteiger partial charge in [-0.2, -0.15) is 0 Å². The van der Waals surface area contributed by atoms with Crippen molar-refractivity contribution >= 4 is 6.03 Å². The van der Waals surface area contributed by atoms with Gasteiger partial charge in [0.25, 0.3) is 0 Å². The summed E-state index contributed by atoms with van der Waals surface area (Å²) in [5.74, 6) is 0.971. The van der Waals surface area contributed by atoms with Crippen LogP contribution in [0.1, 0.15) is 38.3 Å². The number of phenolic OH excluding ortho intramolecular Hbond substituents is 1. The molecule has 1 atom stereocenters. The summed E-state index contributed by atoms with van der Waals surface area (Å²) in [4.78, 5) is 16.2. The van der Waals surface area contributed by atoms with E-state index in [0.717, 1.165) is 37.4 Å². The molecular formula is C16H24N2O2. The largest absolute Gasteiger partial charge is 0.508 e. The van der Waals surface area contributed by atoms with Gasteiger partial charge in [0.2, 0.25) is 0 Å². The lowest BCUT2D eigenvalue weighted by atomic mass is 9.99. The number of likely N-dealkylation sites (tertiary alicyclic amines) is 1. The van der Waals surface area contributed by atoms with Crippen LogP contribution in [0.25, 0.3) is 0 Å². The van der Waals surface area contributed by atoms with E-state index in [4.69, 9.17) is 0 Å². The lowest BCUT2D eigenvalue weighted by Crippen LogP contribution is -2.45. The van der Waals surface area contributed by atoms with Gasteiger partial charge in [0.15, 0.2) is 0 Å². The summed E-state index contributed by atoms with van der Waals surface area (Å²) in [6, 6.07) is 7.14. The molecule has 1 aromatic rings. The zero-order valence-corrected chi connectivity index (χ0v) is 12.5. The van der Waals surface area contributed by atoms with Crippen LogP contribution in [-0.2, 0) is 0 Å². The van der Waals surface area contributed by atoms with Gasteiger partial charge in [-0.05, 0) is 43.4 Å². The van der Waals surface area contributed by atoms with Crippen molar-refractivity contribution in [2.24, 2.45) is 5.92 Å². The van der Waals surface area contributed by atoms with Crippen LogP contribution in [0.2, 0.25) is 0 Å². The van der Waals surface area contributed by atoms with E-state index in [1.807, 2.05) is 31.0 Å². The molecule has 1 saturated heterocycles. The molecule has 2 amide bonds. The molecule has 20 heavy (non-hydrogen) atoms. The fourth-order valence-corrected chi connectivity index (χ4v) is 2.57. The van der Waals surface area contributed by atoms with E-state index in [-0.39, 0.29) is 17.8 Å². The zero-order chi connectivity index (χ0) is 14.7. The number of hydrogen-bond acceptors (Lipinski definition) is 2. The first kappa shape index (κ1) is 14.7. The number of phenols is 1. The maximum absolute atomic E-state index is 12.5. The highest BCUT2D eigenvalue weighted by Crippen LogP contribution is 2.24. The third kappa shape index (κ3) is 3.24. The maximum atomic E-state index is 12.5. The molecule has 1 aliphatic heterocycles. The van der Waals surface area contributed by atoms with Crippen molar-refractivity contribution in [3.63, 3.8) is 0 Å². The summed E-state index contributed by atoms with van der Waals surface area (Å²) in [5, 5.41) is 9.33. The van der Waals surface area contributed by atoms with Crippen LogP contribution < -0.4 is 0 Å². The number of hydrogen-bond donors (Lipinski definition) is 1. The van der Waals surface area contributed by atoms with Crippen molar-refractivity contribution in [3.05, 3.63) is 29.8 Å². The highest BCUT2D eigenvalue weighted by Gasteiger charge is 2.25. The van der Waals surface area contributed by atoms with Gasteiger partial charge in [-0.15, -0.1) is 0 Å². The molecule has 0 aliphatic carbocycles. The van der Waals surface area contributed by atoms with Crippen LogP contribution in [0.15, 0.2) is 24.3 Å². The topological polar surface area (TPSA) is 43.8 Å². The number of rotatable bonds is 2. The minimum atomic E-state index is 0.00227. The van der Waals surface area contributed by atoms with E-state index in [1.54, 1.807) is 17.0 Å². The molecule has 1 aliphatic rings. The Kier molecular flexibility index (Phi) is 4.53. The molecule has 4 heteroatoms. The number of nitrogens with zero attached hydrogens (tertiary/aromatic N) is 2. The zero-order valence-electron chi connectivity index (χ0n) is 12.5. The minimum Gasteiger partial charge on any atom is -0.508 e. The first-order valence-corrected chi connectivity index (χ1v) is 7.29. The molecule has 0 radical (unpaired) electrons. The monoisotopic (exact) mass is 276 g/mol. The van der Waals surface area contributed by atoms with Gasteiger partial charge in [-0.25, -0.2) is 4.79 Å². The summed E-state index contributed by atoms with van der Waals surface area (Å²) in [6.45, 7) is 5.96. The Hall–Kier alpha value is -1.71. The summed E-state index contributed by atoms with van der Waals surface area (Å²) in [6.07, 6.45) is 2.18. The van der Waals surface area contributed by atoms with Crippen molar-refractivity contribution in [2.75, 3.05) is 20.1 Å². The Morgan fingerprint density at radius 2 is 1.85 bits per heavy atom. The van der Waals surface area contributed by atoms with Gasteiger partial charge in [-0.1, -0.05) is 19.1 Å². The van der Waals surface area contributed by atoms with Gasteiger partial charge in [0, 0.05) is 20.1 Å². The van der Waals surface area contributed by atoms with Crippen LogP contribution in [0, 0.1) is 5.92 Å². The number of amides is 2. The highest BCUT2D eigenvalue weighted by molar-refractivity contribution is 5.74. The van der Waals surface area contributed by atoms with E-state index >= 15 is 0 Å². The van der Waals surface area contributed by atoms with E-state index < -0.39 is 0 Å². The van der Waals surface area contributed by atoms with Gasteiger partial charge in [0.1, 0.15) is 5.75 Å². The van der Waals surface area contributed by atoms with Gasteiger partial charge >= 0.3 is 6.03 Å². The predicted octanol–water partition coefficient (Wildman–Crippen LogP) is 3.24. The van der Waals surface area contributed by atoms with Crippen LogP contribution in [-0.4, -0.2) is 41.1 Å². The van der Waals surface area contributed by atoms with Gasteiger partial charge in [0.05, 0.1) is 6.04 Å². The Morgan fingerprint density at radius 1 is 1.30 bits per heavy atom. The average molecular weight is 276 g/mol. The molecule has 1 aromatic carbocycles. The van der Waals surface area contributed by atoms with Gasteiger partial charge < -0.3 is 14.9 Å². The quantitative estimate of drug-likeness (QED) is 0.901. The number of benzene rings is 1. The van der Waals surface area contributed by atoms with E-state index in [0.29, 0.717) is 0 Å². The van der Waals surface area contributed by atoms with Crippen LogP contribution >= 0.6 is 0 Å². The van der Waals surface area contributed by atoms with E-state index in [1.165, 1.54) is 0 Å². The smallest absolute Gasteiger partial charge is 0.320 e. The van der Waals surface area contributed by atoms with Crippen molar-refractivity contribution in [1.29, 1.82) is 0 Å². The summed E-state index contributed by atoms with van der Waals surface area (Å²) in [5.41, 5.74) is 1.03. The van der Waals surface area contributed by atoms with Crippen LogP contribution in [0.3, 0.4) is 0 Å². The number of aromatic hydroxyl groups is 1.